The normalized spacial score (nSPS) is 25.7. The minimum atomic E-state index is -0.905. The summed E-state index contributed by atoms with van der Waals surface area (Å²) in [4.78, 5) is 29.9. The highest BCUT2D eigenvalue weighted by molar-refractivity contribution is 5.87. The van der Waals surface area contributed by atoms with E-state index in [1.165, 1.54) is 6.07 Å². The van der Waals surface area contributed by atoms with Crippen LogP contribution in [-0.4, -0.2) is 67.4 Å². The lowest BCUT2D eigenvalue weighted by Crippen LogP contribution is -2.55. The number of likely N-dealkylation sites (tertiary alicyclic amines) is 1. The van der Waals surface area contributed by atoms with Crippen molar-refractivity contribution in [2.75, 3.05) is 31.7 Å². The number of carbonyl (C=O) groups is 2. The van der Waals surface area contributed by atoms with Gasteiger partial charge < -0.3 is 19.7 Å². The first kappa shape index (κ1) is 27.2. The van der Waals surface area contributed by atoms with Crippen molar-refractivity contribution in [1.29, 1.82) is 5.26 Å². The largest absolute Gasteiger partial charge is 0.444 e. The molecule has 1 aromatic rings. The van der Waals surface area contributed by atoms with Gasteiger partial charge in [-0.1, -0.05) is 6.07 Å². The Morgan fingerprint density at radius 3 is 2.73 bits per heavy atom. The number of anilines is 1. The highest BCUT2D eigenvalue weighted by Gasteiger charge is 2.52. The van der Waals surface area contributed by atoms with Crippen LogP contribution in [0.25, 0.3) is 0 Å². The van der Waals surface area contributed by atoms with Gasteiger partial charge in [0.15, 0.2) is 0 Å². The second-order valence-corrected chi connectivity index (χ2v) is 11.6. The SMILES string of the molecule is COCCC1CCN(c2ccc(C[C@@H](C#N)NC(=O)[C@@H]3[C@H]4CC[C@H](C4)N3C(=O)OC(C)(C)C)c(F)c2)C1. The molecule has 2 saturated heterocycles. The second kappa shape index (κ2) is 11.3. The molecule has 1 unspecified atom stereocenters. The van der Waals surface area contributed by atoms with Crippen LogP contribution in [0.4, 0.5) is 14.9 Å². The maximum atomic E-state index is 15.0. The number of benzene rings is 1. The molecule has 3 fully saturated rings. The topological polar surface area (TPSA) is 94.9 Å². The number of fused-ring (bicyclic) bond motifs is 2. The number of carbonyl (C=O) groups excluding carboxylic acids is 2. The molecule has 4 rings (SSSR count). The van der Waals surface area contributed by atoms with Gasteiger partial charge in [0.25, 0.3) is 0 Å². The maximum absolute atomic E-state index is 15.0. The van der Waals surface area contributed by atoms with Gasteiger partial charge in [-0.25, -0.2) is 9.18 Å². The van der Waals surface area contributed by atoms with Crippen molar-refractivity contribution in [3.8, 4) is 6.07 Å². The van der Waals surface area contributed by atoms with Crippen LogP contribution in [0.15, 0.2) is 18.2 Å². The molecule has 37 heavy (non-hydrogen) atoms. The zero-order valence-corrected chi connectivity index (χ0v) is 22.3. The molecule has 1 aliphatic carbocycles. The van der Waals surface area contributed by atoms with Crippen molar-refractivity contribution in [3.05, 3.63) is 29.6 Å². The van der Waals surface area contributed by atoms with Crippen molar-refractivity contribution >= 4 is 17.7 Å². The first-order valence-corrected chi connectivity index (χ1v) is 13.3. The molecule has 1 N–H and O–H groups in total. The summed E-state index contributed by atoms with van der Waals surface area (Å²) < 4.78 is 25.8. The molecular weight excluding hydrogens is 475 g/mol. The standard InChI is InChI=1S/C28H39FN4O4/c1-28(2,3)37-27(35)33-23-8-6-20(14-23)25(33)26(34)31-21(16-30)13-19-5-7-22(15-24(19)29)32-11-9-18(17-32)10-12-36-4/h5,7,15,18,20-21,23,25H,6,8-14,17H2,1-4H3,(H,31,34)/t18?,20-,21-,23+,25-/m0/s1. The molecule has 1 saturated carbocycles. The van der Waals surface area contributed by atoms with Crippen LogP contribution in [0.2, 0.25) is 0 Å². The van der Waals surface area contributed by atoms with E-state index >= 15 is 4.39 Å². The number of hydrogen-bond acceptors (Lipinski definition) is 6. The Balaban J connectivity index is 1.38. The van der Waals surface area contributed by atoms with Gasteiger partial charge in [-0.15, -0.1) is 0 Å². The predicted octanol–water partition coefficient (Wildman–Crippen LogP) is 4.03. The first-order valence-electron chi connectivity index (χ1n) is 13.3. The van der Waals surface area contributed by atoms with E-state index in [-0.39, 0.29) is 30.1 Å². The summed E-state index contributed by atoms with van der Waals surface area (Å²) in [5.41, 5.74) is 0.537. The average Bonchev–Trinajstić information content (AvgIpc) is 3.58. The fourth-order valence-electron chi connectivity index (χ4n) is 5.99. The average molecular weight is 515 g/mol. The number of methoxy groups -OCH3 is 1. The van der Waals surface area contributed by atoms with Gasteiger partial charge in [-0.3, -0.25) is 9.69 Å². The lowest BCUT2D eigenvalue weighted by atomic mass is 9.97. The lowest BCUT2D eigenvalue weighted by Gasteiger charge is -2.35. The van der Waals surface area contributed by atoms with Crippen molar-refractivity contribution in [1.82, 2.24) is 10.2 Å². The Labute approximate surface area is 219 Å². The van der Waals surface area contributed by atoms with Crippen LogP contribution in [0.1, 0.15) is 58.4 Å². The number of piperidine rings is 1. The highest BCUT2D eigenvalue weighted by Crippen LogP contribution is 2.43. The number of nitriles is 1. The molecule has 2 bridgehead atoms. The summed E-state index contributed by atoms with van der Waals surface area (Å²) in [7, 11) is 1.70. The van der Waals surface area contributed by atoms with Crippen LogP contribution in [0.3, 0.4) is 0 Å². The predicted molar refractivity (Wildman–Crippen MR) is 137 cm³/mol. The third-order valence-corrected chi connectivity index (χ3v) is 7.77. The third kappa shape index (κ3) is 6.35. The summed E-state index contributed by atoms with van der Waals surface area (Å²) in [5, 5.41) is 12.5. The maximum Gasteiger partial charge on any atom is 0.411 e. The van der Waals surface area contributed by atoms with Crippen LogP contribution in [0, 0.1) is 29.0 Å². The summed E-state index contributed by atoms with van der Waals surface area (Å²) in [6, 6.07) is 5.60. The van der Waals surface area contributed by atoms with Gasteiger partial charge in [0.2, 0.25) is 5.91 Å². The fraction of sp³-hybridized carbons (Fsp3) is 0.679. The summed E-state index contributed by atoms with van der Waals surface area (Å²) in [6.07, 6.45) is 4.06. The third-order valence-electron chi connectivity index (χ3n) is 7.77. The van der Waals surface area contributed by atoms with Crippen LogP contribution in [0.5, 0.6) is 0 Å². The molecule has 0 aromatic heterocycles. The molecule has 9 heteroatoms. The van der Waals surface area contributed by atoms with E-state index in [1.54, 1.807) is 38.8 Å². The minimum absolute atomic E-state index is 0.0270. The Bertz CT molecular complexity index is 1040. The van der Waals surface area contributed by atoms with Crippen molar-refractivity contribution in [3.63, 3.8) is 0 Å². The van der Waals surface area contributed by atoms with E-state index in [4.69, 9.17) is 9.47 Å². The Morgan fingerprint density at radius 1 is 1.27 bits per heavy atom. The number of hydrogen-bond donors (Lipinski definition) is 1. The van der Waals surface area contributed by atoms with Crippen molar-refractivity contribution in [2.24, 2.45) is 11.8 Å². The molecule has 202 valence electrons. The molecule has 0 spiro atoms. The zero-order chi connectivity index (χ0) is 26.7. The van der Waals surface area contributed by atoms with E-state index in [1.807, 2.05) is 6.07 Å². The first-order chi connectivity index (χ1) is 17.6. The molecule has 1 aromatic carbocycles. The molecular formula is C28H39FN4O4. The monoisotopic (exact) mass is 514 g/mol. The van der Waals surface area contributed by atoms with Crippen LogP contribution in [-0.2, 0) is 20.7 Å². The van der Waals surface area contributed by atoms with E-state index in [9.17, 15) is 14.9 Å². The quantitative estimate of drug-likeness (QED) is 0.563. The van der Waals surface area contributed by atoms with Gasteiger partial charge in [0.05, 0.1) is 6.07 Å². The van der Waals surface area contributed by atoms with Gasteiger partial charge in [-0.05, 0) is 82.4 Å². The number of ether oxygens (including phenoxy) is 2. The molecule has 3 aliphatic rings. The minimum Gasteiger partial charge on any atom is -0.444 e. The zero-order valence-electron chi connectivity index (χ0n) is 22.3. The fourth-order valence-corrected chi connectivity index (χ4v) is 5.99. The van der Waals surface area contributed by atoms with Gasteiger partial charge in [0.1, 0.15) is 23.5 Å². The number of nitrogens with zero attached hydrogens (tertiary/aromatic N) is 3. The van der Waals surface area contributed by atoms with E-state index in [0.717, 1.165) is 57.5 Å². The Hall–Kier alpha value is -2.86. The Morgan fingerprint density at radius 2 is 2.05 bits per heavy atom. The molecule has 0 radical (unpaired) electrons. The van der Waals surface area contributed by atoms with Gasteiger partial charge in [-0.2, -0.15) is 5.26 Å². The number of amides is 2. The van der Waals surface area contributed by atoms with Gasteiger partial charge >= 0.3 is 6.09 Å². The van der Waals surface area contributed by atoms with Gasteiger partial charge in [0, 0.05) is 45.0 Å². The molecule has 2 aliphatic heterocycles. The highest BCUT2D eigenvalue weighted by atomic mass is 19.1. The number of rotatable bonds is 8. The van der Waals surface area contributed by atoms with Crippen LogP contribution >= 0.6 is 0 Å². The van der Waals surface area contributed by atoms with Crippen molar-refractivity contribution < 1.29 is 23.5 Å². The van der Waals surface area contributed by atoms with E-state index in [2.05, 4.69) is 16.3 Å². The summed E-state index contributed by atoms with van der Waals surface area (Å²) >= 11 is 0. The summed E-state index contributed by atoms with van der Waals surface area (Å²) in [5.74, 6) is -0.184. The molecule has 2 heterocycles. The molecule has 5 atom stereocenters. The Kier molecular flexibility index (Phi) is 8.27. The molecule has 8 nitrogen and oxygen atoms in total. The number of halogens is 1. The lowest BCUT2D eigenvalue weighted by molar-refractivity contribution is -0.128. The van der Waals surface area contributed by atoms with E-state index < -0.39 is 23.8 Å². The summed E-state index contributed by atoms with van der Waals surface area (Å²) in [6.45, 7) is 7.86. The van der Waals surface area contributed by atoms with Crippen LogP contribution < -0.4 is 10.2 Å². The smallest absolute Gasteiger partial charge is 0.411 e. The van der Waals surface area contributed by atoms with E-state index in [0.29, 0.717) is 11.5 Å². The van der Waals surface area contributed by atoms with Crippen molar-refractivity contribution in [2.45, 2.75) is 83.0 Å². The second-order valence-electron chi connectivity index (χ2n) is 11.6. The molecule has 2 amide bonds. The number of nitrogens with one attached hydrogen (secondary N) is 1.